The van der Waals surface area contributed by atoms with Gasteiger partial charge in [0.2, 0.25) is 0 Å². The van der Waals surface area contributed by atoms with E-state index in [1.165, 1.54) is 0 Å². The van der Waals surface area contributed by atoms with Crippen molar-refractivity contribution in [2.45, 2.75) is 44.2 Å². The molecule has 1 aromatic rings. The van der Waals surface area contributed by atoms with E-state index in [0.717, 1.165) is 37.7 Å². The number of urea groups is 1. The molecule has 2 atom stereocenters. The average molecular weight is 297 g/mol. The minimum Gasteiger partial charge on any atom is -0.391 e. The van der Waals surface area contributed by atoms with Gasteiger partial charge in [-0.2, -0.15) is 0 Å². The number of aliphatic hydroxyl groups is 1. The monoisotopic (exact) mass is 296 g/mol. The lowest BCUT2D eigenvalue weighted by Crippen LogP contribution is -2.49. The molecule has 1 aromatic carbocycles. The highest BCUT2D eigenvalue weighted by Gasteiger charge is 2.24. The third-order valence-corrected chi connectivity index (χ3v) is 3.91. The molecule has 5 heteroatoms. The molecule has 110 valence electrons. The van der Waals surface area contributed by atoms with Crippen molar-refractivity contribution in [3.8, 4) is 0 Å². The Morgan fingerprint density at radius 2 is 1.95 bits per heavy atom. The van der Waals surface area contributed by atoms with Crippen molar-refractivity contribution in [3.05, 3.63) is 34.9 Å². The topological polar surface area (TPSA) is 61.4 Å². The zero-order chi connectivity index (χ0) is 14.4. The molecule has 1 fully saturated rings. The summed E-state index contributed by atoms with van der Waals surface area (Å²) in [6.45, 7) is 0.566. The molecule has 2 unspecified atom stereocenters. The van der Waals surface area contributed by atoms with E-state index in [0.29, 0.717) is 11.6 Å². The summed E-state index contributed by atoms with van der Waals surface area (Å²) in [4.78, 5) is 11.7. The third kappa shape index (κ3) is 4.69. The first kappa shape index (κ1) is 15.1. The maximum atomic E-state index is 11.7. The van der Waals surface area contributed by atoms with Crippen LogP contribution in [0.1, 0.15) is 31.2 Å². The normalized spacial score (nSPS) is 22.3. The van der Waals surface area contributed by atoms with Crippen LogP contribution in [0, 0.1) is 0 Å². The summed E-state index contributed by atoms with van der Waals surface area (Å²) in [5.41, 5.74) is 1.13. The second-order valence-corrected chi connectivity index (χ2v) is 5.67. The Morgan fingerprint density at radius 3 is 2.65 bits per heavy atom. The lowest BCUT2D eigenvalue weighted by atomic mass is 9.93. The molecule has 0 spiro atoms. The number of carbonyl (C=O) groups excluding carboxylic acids is 1. The van der Waals surface area contributed by atoms with Crippen LogP contribution in [0.3, 0.4) is 0 Å². The Labute approximate surface area is 124 Å². The number of amides is 2. The third-order valence-electron chi connectivity index (χ3n) is 3.66. The molecule has 0 bridgehead atoms. The molecule has 0 radical (unpaired) electrons. The molecule has 2 amide bonds. The summed E-state index contributed by atoms with van der Waals surface area (Å²) < 4.78 is 0. The fraction of sp³-hybridized carbons (Fsp3) is 0.533. The van der Waals surface area contributed by atoms with Gasteiger partial charge in [-0.15, -0.1) is 0 Å². The number of aliphatic hydroxyl groups excluding tert-OH is 1. The van der Waals surface area contributed by atoms with Crippen LogP contribution in [0.5, 0.6) is 0 Å². The molecule has 0 aromatic heterocycles. The summed E-state index contributed by atoms with van der Waals surface area (Å²) in [5, 5.41) is 16.2. The van der Waals surface area contributed by atoms with Gasteiger partial charge in [-0.1, -0.05) is 36.6 Å². The van der Waals surface area contributed by atoms with Gasteiger partial charge in [0.05, 0.1) is 12.1 Å². The Balaban J connectivity index is 1.68. The SMILES string of the molecule is O=C(NCCc1ccc(Cl)cc1)NC1CCCCC1O. The molecule has 0 saturated heterocycles. The zero-order valence-corrected chi connectivity index (χ0v) is 12.2. The smallest absolute Gasteiger partial charge is 0.315 e. The predicted molar refractivity (Wildman–Crippen MR) is 80.0 cm³/mol. The van der Waals surface area contributed by atoms with E-state index in [1.807, 2.05) is 24.3 Å². The fourth-order valence-electron chi connectivity index (χ4n) is 2.47. The van der Waals surface area contributed by atoms with E-state index in [1.54, 1.807) is 0 Å². The van der Waals surface area contributed by atoms with Crippen molar-refractivity contribution in [2.75, 3.05) is 6.54 Å². The first-order valence-electron chi connectivity index (χ1n) is 7.12. The molecule has 0 heterocycles. The molecule has 3 N–H and O–H groups in total. The van der Waals surface area contributed by atoms with Crippen molar-refractivity contribution < 1.29 is 9.90 Å². The van der Waals surface area contributed by atoms with Gasteiger partial charge in [-0.25, -0.2) is 4.79 Å². The summed E-state index contributed by atoms with van der Waals surface area (Å²) in [6, 6.07) is 7.27. The minimum atomic E-state index is -0.411. The van der Waals surface area contributed by atoms with Gasteiger partial charge in [0.15, 0.2) is 0 Å². The lowest BCUT2D eigenvalue weighted by molar-refractivity contribution is 0.0943. The maximum Gasteiger partial charge on any atom is 0.315 e. The molecule has 1 aliphatic rings. The number of halogens is 1. The van der Waals surface area contributed by atoms with E-state index < -0.39 is 6.10 Å². The first-order valence-corrected chi connectivity index (χ1v) is 7.50. The Bertz CT molecular complexity index is 436. The van der Waals surface area contributed by atoms with Gasteiger partial charge >= 0.3 is 6.03 Å². The number of benzene rings is 1. The van der Waals surface area contributed by atoms with Crippen LogP contribution in [-0.2, 0) is 6.42 Å². The van der Waals surface area contributed by atoms with Gasteiger partial charge in [0, 0.05) is 11.6 Å². The van der Waals surface area contributed by atoms with Gasteiger partial charge in [0.1, 0.15) is 0 Å². The minimum absolute atomic E-state index is 0.112. The zero-order valence-electron chi connectivity index (χ0n) is 11.4. The second-order valence-electron chi connectivity index (χ2n) is 5.24. The van der Waals surface area contributed by atoms with E-state index in [9.17, 15) is 9.90 Å². The number of nitrogens with one attached hydrogen (secondary N) is 2. The molecule has 0 aliphatic heterocycles. The van der Waals surface area contributed by atoms with Crippen molar-refractivity contribution in [2.24, 2.45) is 0 Å². The summed E-state index contributed by atoms with van der Waals surface area (Å²) in [5.74, 6) is 0. The highest BCUT2D eigenvalue weighted by atomic mass is 35.5. The lowest BCUT2D eigenvalue weighted by Gasteiger charge is -2.28. The first-order chi connectivity index (χ1) is 9.65. The highest BCUT2D eigenvalue weighted by molar-refractivity contribution is 6.30. The second kappa shape index (κ2) is 7.50. The van der Waals surface area contributed by atoms with Gasteiger partial charge < -0.3 is 15.7 Å². The van der Waals surface area contributed by atoms with E-state index in [4.69, 9.17) is 11.6 Å². The van der Waals surface area contributed by atoms with E-state index in [-0.39, 0.29) is 12.1 Å². The molecular formula is C15H21ClN2O2. The summed E-state index contributed by atoms with van der Waals surface area (Å²) in [7, 11) is 0. The van der Waals surface area contributed by atoms with Crippen LogP contribution in [-0.4, -0.2) is 29.8 Å². The van der Waals surface area contributed by atoms with Crippen LogP contribution < -0.4 is 10.6 Å². The number of carbonyl (C=O) groups is 1. The molecule has 1 saturated carbocycles. The van der Waals surface area contributed by atoms with Crippen LogP contribution in [0.4, 0.5) is 4.79 Å². The van der Waals surface area contributed by atoms with Crippen molar-refractivity contribution in [3.63, 3.8) is 0 Å². The average Bonchev–Trinajstić information content (AvgIpc) is 2.44. The fourth-order valence-corrected chi connectivity index (χ4v) is 2.60. The van der Waals surface area contributed by atoms with Crippen LogP contribution >= 0.6 is 11.6 Å². The van der Waals surface area contributed by atoms with E-state index in [2.05, 4.69) is 10.6 Å². The summed E-state index contributed by atoms with van der Waals surface area (Å²) >= 11 is 5.81. The Hall–Kier alpha value is -1.26. The molecule has 20 heavy (non-hydrogen) atoms. The molecule has 1 aliphatic carbocycles. The highest BCUT2D eigenvalue weighted by Crippen LogP contribution is 2.18. The Morgan fingerprint density at radius 1 is 1.25 bits per heavy atom. The number of rotatable bonds is 4. The maximum absolute atomic E-state index is 11.7. The van der Waals surface area contributed by atoms with Crippen LogP contribution in [0.15, 0.2) is 24.3 Å². The van der Waals surface area contributed by atoms with Crippen molar-refractivity contribution in [1.82, 2.24) is 10.6 Å². The van der Waals surface area contributed by atoms with Crippen molar-refractivity contribution >= 4 is 17.6 Å². The molecular weight excluding hydrogens is 276 g/mol. The molecule has 2 rings (SSSR count). The molecule has 4 nitrogen and oxygen atoms in total. The van der Waals surface area contributed by atoms with Crippen LogP contribution in [0.2, 0.25) is 5.02 Å². The number of hydrogen-bond donors (Lipinski definition) is 3. The van der Waals surface area contributed by atoms with Gasteiger partial charge in [0.25, 0.3) is 0 Å². The van der Waals surface area contributed by atoms with Crippen LogP contribution in [0.25, 0.3) is 0 Å². The van der Waals surface area contributed by atoms with Gasteiger partial charge in [-0.05, 0) is 37.0 Å². The predicted octanol–water partition coefficient (Wildman–Crippen LogP) is 2.49. The largest absolute Gasteiger partial charge is 0.391 e. The number of hydrogen-bond acceptors (Lipinski definition) is 2. The summed E-state index contributed by atoms with van der Waals surface area (Å²) in [6.07, 6.45) is 4.08. The van der Waals surface area contributed by atoms with E-state index >= 15 is 0 Å². The van der Waals surface area contributed by atoms with Gasteiger partial charge in [-0.3, -0.25) is 0 Å². The van der Waals surface area contributed by atoms with Crippen molar-refractivity contribution in [1.29, 1.82) is 0 Å². The standard InChI is InChI=1S/C15H21ClN2O2/c16-12-7-5-11(6-8-12)9-10-17-15(20)18-13-3-1-2-4-14(13)19/h5-8,13-14,19H,1-4,9-10H2,(H2,17,18,20). The Kier molecular flexibility index (Phi) is 5.68. The quantitative estimate of drug-likeness (QED) is 0.799.